The van der Waals surface area contributed by atoms with Crippen molar-refractivity contribution < 1.29 is 29.4 Å². The molecular formula is C39H34N3O6P. The van der Waals surface area contributed by atoms with Crippen LogP contribution in [-0.2, 0) is 9.59 Å². The molecule has 3 N–H and O–H groups in total. The molecule has 49 heavy (non-hydrogen) atoms. The van der Waals surface area contributed by atoms with Crippen molar-refractivity contribution in [2.24, 2.45) is 5.92 Å². The van der Waals surface area contributed by atoms with E-state index in [1.165, 1.54) is 18.0 Å². The lowest BCUT2D eigenvalue weighted by Crippen LogP contribution is -2.68. The third kappa shape index (κ3) is 6.34. The molecule has 6 rings (SSSR count). The first kappa shape index (κ1) is 33.3. The number of rotatable bonds is 11. The van der Waals surface area contributed by atoms with Crippen LogP contribution in [-0.4, -0.2) is 61.2 Å². The average Bonchev–Trinajstić information content (AvgIpc) is 3.13. The summed E-state index contributed by atoms with van der Waals surface area (Å²) in [6.45, 7) is -1.77. The number of benzene rings is 4. The van der Waals surface area contributed by atoms with E-state index >= 15 is 0 Å². The Morgan fingerprint density at radius 1 is 0.776 bits per heavy atom. The number of nitrogens with zero attached hydrogens (tertiary/aromatic N) is 2. The quantitative estimate of drug-likeness (QED) is 0.108. The van der Waals surface area contributed by atoms with E-state index < -0.39 is 36.8 Å². The molecule has 0 unspecified atom stereocenters. The second-order valence-electron chi connectivity index (χ2n) is 11.7. The number of aliphatic carboxylic acids is 1. The fourth-order valence-corrected chi connectivity index (χ4v) is 10.8. The number of nitrogens with one attached hydrogen (secondary N) is 1. The molecule has 1 fully saturated rings. The van der Waals surface area contributed by atoms with Crippen LogP contribution < -0.4 is 21.2 Å². The van der Waals surface area contributed by atoms with Crippen molar-refractivity contribution in [3.05, 3.63) is 151 Å². The highest BCUT2D eigenvalue weighted by atomic mass is 31.2. The molecule has 0 spiro atoms. The normalized spacial score (nSPS) is 16.3. The minimum Gasteiger partial charge on any atom is -0.477 e. The molecule has 9 nitrogen and oxygen atoms in total. The van der Waals surface area contributed by atoms with Crippen molar-refractivity contribution in [3.8, 4) is 0 Å². The number of aromatic nitrogens is 1. The molecule has 0 aliphatic carbocycles. The first-order valence-corrected chi connectivity index (χ1v) is 17.5. The minimum atomic E-state index is -3.25. The van der Waals surface area contributed by atoms with Gasteiger partial charge in [-0.05, 0) is 59.2 Å². The molecule has 10 heteroatoms. The van der Waals surface area contributed by atoms with Gasteiger partial charge in [0.25, 0.3) is 5.91 Å². The summed E-state index contributed by atoms with van der Waals surface area (Å²) in [5.74, 6) is -3.51. The van der Waals surface area contributed by atoms with Crippen LogP contribution in [0.3, 0.4) is 0 Å². The zero-order valence-electron chi connectivity index (χ0n) is 26.6. The van der Waals surface area contributed by atoms with Gasteiger partial charge in [0.05, 0.1) is 23.6 Å². The predicted octanol–water partition coefficient (Wildman–Crippen LogP) is 4.32. The smallest absolute Gasteiger partial charge is 0.353 e. The number of hydrogen-bond donors (Lipinski definition) is 3. The maximum atomic E-state index is 14.0. The van der Waals surface area contributed by atoms with Gasteiger partial charge in [-0.3, -0.25) is 19.4 Å². The van der Waals surface area contributed by atoms with Crippen LogP contribution in [0.5, 0.6) is 0 Å². The van der Waals surface area contributed by atoms with E-state index in [4.69, 9.17) is 0 Å². The molecule has 1 saturated heterocycles. The number of aliphatic hydroxyl groups is 1. The van der Waals surface area contributed by atoms with E-state index in [1.807, 2.05) is 91.0 Å². The molecule has 5 aromatic rings. The number of amides is 2. The van der Waals surface area contributed by atoms with Gasteiger partial charge < -0.3 is 20.4 Å². The van der Waals surface area contributed by atoms with Crippen molar-refractivity contribution in [1.82, 2.24) is 9.88 Å². The number of likely N-dealkylation sites (tertiary alicyclic amines) is 1. The van der Waals surface area contributed by atoms with E-state index in [1.54, 1.807) is 42.6 Å². The van der Waals surface area contributed by atoms with E-state index in [-0.39, 0.29) is 23.5 Å². The van der Waals surface area contributed by atoms with Gasteiger partial charge in [-0.15, -0.1) is 0 Å². The Morgan fingerprint density at radius 2 is 1.31 bits per heavy atom. The molecule has 1 aliphatic heterocycles. The molecule has 1 aromatic heterocycles. The lowest BCUT2D eigenvalue weighted by atomic mass is 9.79. The van der Waals surface area contributed by atoms with Crippen LogP contribution in [0.15, 0.2) is 140 Å². The molecule has 2 amide bonds. The Labute approximate surface area is 283 Å². The molecule has 4 aromatic carbocycles. The molecule has 2 heterocycles. The number of aliphatic hydroxyl groups excluding tert-OH is 1. The molecule has 3 atom stereocenters. The molecule has 0 bridgehead atoms. The third-order valence-corrected chi connectivity index (χ3v) is 13.0. The average molecular weight is 672 g/mol. The number of ketones is 1. The molecular weight excluding hydrogens is 637 g/mol. The first-order valence-electron chi connectivity index (χ1n) is 15.8. The molecule has 246 valence electrons. The lowest BCUT2D eigenvalue weighted by molar-refractivity contribution is -0.156. The summed E-state index contributed by atoms with van der Waals surface area (Å²) in [7, 11) is 0. The number of pyridine rings is 1. The SMILES string of the molecule is C[C@@H](O)[C@H]1C(=O)N(C(C(=O)O)=P(c2ccccc2)(c2ccccc2)c2ccccc2)[C@@H]1CC(=O)c1ccc(NC(=O)c2cccnc2)cc1. The van der Waals surface area contributed by atoms with Crippen molar-refractivity contribution in [2.45, 2.75) is 25.5 Å². The van der Waals surface area contributed by atoms with Gasteiger partial charge >= 0.3 is 5.97 Å². The summed E-state index contributed by atoms with van der Waals surface area (Å²) in [4.78, 5) is 59.3. The van der Waals surface area contributed by atoms with Crippen molar-refractivity contribution in [1.29, 1.82) is 0 Å². The number of Topliss-reactive ketones (excluding diaryl/α,β-unsaturated/α-hetero) is 1. The minimum absolute atomic E-state index is 0.121. The van der Waals surface area contributed by atoms with E-state index in [0.29, 0.717) is 16.8 Å². The van der Waals surface area contributed by atoms with Gasteiger partial charge in [-0.2, -0.15) is 0 Å². The van der Waals surface area contributed by atoms with E-state index in [0.717, 1.165) is 15.9 Å². The largest absolute Gasteiger partial charge is 0.477 e. The van der Waals surface area contributed by atoms with Gasteiger partial charge in [0, 0.05) is 37.0 Å². The van der Waals surface area contributed by atoms with Crippen molar-refractivity contribution >= 4 is 57.5 Å². The van der Waals surface area contributed by atoms with Crippen LogP contribution in [0.2, 0.25) is 0 Å². The van der Waals surface area contributed by atoms with Gasteiger partial charge in [0.1, 0.15) is 5.42 Å². The third-order valence-electron chi connectivity index (χ3n) is 8.74. The van der Waals surface area contributed by atoms with Crippen molar-refractivity contribution in [3.63, 3.8) is 0 Å². The Morgan fingerprint density at radius 3 is 1.76 bits per heavy atom. The highest BCUT2D eigenvalue weighted by Gasteiger charge is 2.55. The van der Waals surface area contributed by atoms with Crippen LogP contribution in [0, 0.1) is 5.92 Å². The zero-order valence-corrected chi connectivity index (χ0v) is 27.5. The lowest BCUT2D eigenvalue weighted by Gasteiger charge is -2.50. The van der Waals surface area contributed by atoms with Gasteiger partial charge in [-0.25, -0.2) is 4.79 Å². The fraction of sp³-hybridized carbons (Fsp3) is 0.128. The van der Waals surface area contributed by atoms with Gasteiger partial charge in [-0.1, -0.05) is 91.0 Å². The zero-order chi connectivity index (χ0) is 34.5. The maximum absolute atomic E-state index is 14.0. The van der Waals surface area contributed by atoms with E-state index in [9.17, 15) is 29.4 Å². The number of β-lactam (4-membered cyclic amide) rings is 1. The van der Waals surface area contributed by atoms with Gasteiger partial charge in [0.2, 0.25) is 5.91 Å². The predicted molar refractivity (Wildman–Crippen MR) is 191 cm³/mol. The summed E-state index contributed by atoms with van der Waals surface area (Å²) in [5.41, 5.74) is 1.05. The Kier molecular flexibility index (Phi) is 9.67. The monoisotopic (exact) mass is 671 g/mol. The van der Waals surface area contributed by atoms with Gasteiger partial charge in [0.15, 0.2) is 5.78 Å². The molecule has 0 radical (unpaired) electrons. The summed E-state index contributed by atoms with van der Waals surface area (Å²) in [6.07, 6.45) is 1.67. The first-order chi connectivity index (χ1) is 23.7. The summed E-state index contributed by atoms with van der Waals surface area (Å²) >= 11 is 0. The highest BCUT2D eigenvalue weighted by molar-refractivity contribution is 7.96. The number of carbonyl (C=O) groups is 4. The summed E-state index contributed by atoms with van der Waals surface area (Å²) < 4.78 is 0. The topological polar surface area (TPSA) is 137 Å². The second-order valence-corrected chi connectivity index (χ2v) is 15.1. The number of hydrogen-bond acceptors (Lipinski definition) is 6. The highest BCUT2D eigenvalue weighted by Crippen LogP contribution is 2.49. The second kappa shape index (κ2) is 14.2. The molecule has 1 aliphatic rings. The standard InChI is InChI=1S/C39H34N3O6P/c1-26(43)35-33(24-34(44)27-19-21-29(22-20-27)41-36(45)28-12-11-23-40-25-28)42(37(35)46)38(39(47)48)49(30-13-5-2-6-14-30,31-15-7-3-8-16-31)32-17-9-4-10-18-32/h2-23,25-26,33,35,43H,24H2,1H3,(H,41,45)(H,47,48)/t26-,33-,35-/m1/s1. The van der Waals surface area contributed by atoms with Crippen LogP contribution >= 0.6 is 6.89 Å². The van der Waals surface area contributed by atoms with Crippen molar-refractivity contribution in [2.75, 3.05) is 5.32 Å². The number of anilines is 1. The fourth-order valence-electron chi connectivity index (χ4n) is 6.50. The number of carboxylic acids is 1. The summed E-state index contributed by atoms with van der Waals surface area (Å²) in [6, 6.07) is 36.6. The van der Waals surface area contributed by atoms with Crippen LogP contribution in [0.25, 0.3) is 0 Å². The Hall–Kier alpha value is -5.63. The van der Waals surface area contributed by atoms with E-state index in [2.05, 4.69) is 10.3 Å². The Bertz CT molecular complexity index is 1930. The molecule has 0 saturated carbocycles. The number of carbonyl (C=O) groups excluding carboxylic acids is 3. The summed E-state index contributed by atoms with van der Waals surface area (Å²) in [5, 5.41) is 26.8. The van der Waals surface area contributed by atoms with Crippen LogP contribution in [0.1, 0.15) is 34.1 Å². The Balaban J connectivity index is 1.44. The number of carboxylic acid groups (broad SMARTS) is 1. The maximum Gasteiger partial charge on any atom is 0.353 e. The van der Waals surface area contributed by atoms with Crippen LogP contribution in [0.4, 0.5) is 5.69 Å².